The average Bonchev–Trinajstić information content (AvgIpc) is 3.16. The van der Waals surface area contributed by atoms with Gasteiger partial charge in [0, 0.05) is 6.54 Å². The number of phosphoric ester groups is 1. The predicted molar refractivity (Wildman–Crippen MR) is 232 cm³/mol. The molecule has 0 rings (SSSR count). The molecule has 0 aromatic rings. The number of phosphoric acid groups is 1. The number of nitrogens with two attached hydrogens (primary N) is 1. The monoisotopic (exact) mass is 801 g/mol. The summed E-state index contributed by atoms with van der Waals surface area (Å²) in [6, 6.07) is -0.983. The van der Waals surface area contributed by atoms with Crippen molar-refractivity contribution in [3.8, 4) is 0 Å². The molecule has 0 saturated heterocycles. The second-order valence-electron chi connectivity index (χ2n) is 15.8. The van der Waals surface area contributed by atoms with Gasteiger partial charge in [0.25, 0.3) is 0 Å². The Kier molecular flexibility index (Phi) is 40.3. The Morgan fingerprint density at radius 2 is 1.02 bits per heavy atom. The Labute approximate surface area is 339 Å². The van der Waals surface area contributed by atoms with Crippen molar-refractivity contribution in [2.75, 3.05) is 19.8 Å². The topological polar surface area (TPSA) is 151 Å². The standard InChI is InChI=1S/C45H89N2O7P/c1-3-5-7-9-11-13-15-17-19-21-22-24-26-28-30-32-34-36-42(48)40-45(50)47-43(41-54-55(51,52)53-39-38-46)44(49)37-35-33-31-29-27-25-23-20-18-16-14-12-10-8-6-4-2/h21-22,35,37,42-44,48-49H,3-20,23-34,36,38-41,46H2,1-2H3,(H,47,50)(H,51,52)/b22-21-,37-35+. The lowest BCUT2D eigenvalue weighted by Gasteiger charge is -2.24. The van der Waals surface area contributed by atoms with Crippen molar-refractivity contribution in [3.63, 3.8) is 0 Å². The van der Waals surface area contributed by atoms with Gasteiger partial charge in [-0.1, -0.05) is 192 Å². The molecule has 0 aromatic heterocycles. The van der Waals surface area contributed by atoms with Crippen LogP contribution in [-0.2, 0) is 18.4 Å². The molecule has 10 heteroatoms. The van der Waals surface area contributed by atoms with Gasteiger partial charge in [0.2, 0.25) is 5.91 Å². The maximum atomic E-state index is 12.8. The third-order valence-corrected chi connectivity index (χ3v) is 11.3. The van der Waals surface area contributed by atoms with Crippen LogP contribution in [-0.4, -0.2) is 59.0 Å². The summed E-state index contributed by atoms with van der Waals surface area (Å²) >= 11 is 0. The molecule has 326 valence electrons. The molecule has 4 unspecified atom stereocenters. The third kappa shape index (κ3) is 39.5. The molecule has 0 aliphatic rings. The Morgan fingerprint density at radius 3 is 1.45 bits per heavy atom. The Morgan fingerprint density at radius 1 is 0.618 bits per heavy atom. The average molecular weight is 801 g/mol. The number of hydrogen-bond donors (Lipinski definition) is 5. The number of nitrogens with one attached hydrogen (secondary N) is 1. The van der Waals surface area contributed by atoms with Crippen LogP contribution in [0.3, 0.4) is 0 Å². The van der Waals surface area contributed by atoms with Crippen molar-refractivity contribution in [3.05, 3.63) is 24.3 Å². The second kappa shape index (κ2) is 41.1. The van der Waals surface area contributed by atoms with E-state index < -0.39 is 38.6 Å². The minimum absolute atomic E-state index is 0.0490. The number of carbonyl (C=O) groups is 1. The van der Waals surface area contributed by atoms with Gasteiger partial charge in [0.15, 0.2) is 0 Å². The SMILES string of the molecule is CCCCCCCCCC/C=C\CCCCCCCC(O)CC(=O)NC(COP(=O)(O)OCCN)C(O)/C=C/CCCCCCCCCCCCCCCC. The largest absolute Gasteiger partial charge is 0.472 e. The highest BCUT2D eigenvalue weighted by atomic mass is 31.2. The molecule has 6 N–H and O–H groups in total. The maximum Gasteiger partial charge on any atom is 0.472 e. The highest BCUT2D eigenvalue weighted by molar-refractivity contribution is 7.47. The Hall–Kier alpha value is -1.06. The van der Waals surface area contributed by atoms with Crippen molar-refractivity contribution in [1.82, 2.24) is 5.32 Å². The number of allylic oxidation sites excluding steroid dienone is 3. The van der Waals surface area contributed by atoms with Crippen molar-refractivity contribution < 1.29 is 33.5 Å². The lowest BCUT2D eigenvalue weighted by Crippen LogP contribution is -2.46. The highest BCUT2D eigenvalue weighted by Gasteiger charge is 2.27. The van der Waals surface area contributed by atoms with E-state index in [9.17, 15) is 24.5 Å². The van der Waals surface area contributed by atoms with Gasteiger partial charge in [0.1, 0.15) is 0 Å². The van der Waals surface area contributed by atoms with Crippen molar-refractivity contribution in [2.45, 2.75) is 238 Å². The van der Waals surface area contributed by atoms with Crippen LogP contribution in [0.25, 0.3) is 0 Å². The van der Waals surface area contributed by atoms with Gasteiger partial charge in [-0.25, -0.2) is 4.57 Å². The fourth-order valence-corrected chi connectivity index (χ4v) is 7.58. The van der Waals surface area contributed by atoms with Gasteiger partial charge in [-0.2, -0.15) is 0 Å². The number of aliphatic hydroxyl groups excluding tert-OH is 2. The number of hydrogen-bond acceptors (Lipinski definition) is 7. The van der Waals surface area contributed by atoms with E-state index in [1.165, 1.54) is 141 Å². The molecule has 0 saturated carbocycles. The van der Waals surface area contributed by atoms with Crippen LogP contribution in [0.4, 0.5) is 0 Å². The molecule has 0 aromatic carbocycles. The number of aliphatic hydroxyl groups is 2. The van der Waals surface area contributed by atoms with Crippen molar-refractivity contribution >= 4 is 13.7 Å². The molecule has 0 aliphatic heterocycles. The van der Waals surface area contributed by atoms with E-state index >= 15 is 0 Å². The Balaban J connectivity index is 4.29. The normalized spacial score (nSPS) is 14.8. The molecular formula is C45H89N2O7P. The smallest absolute Gasteiger partial charge is 0.393 e. The fraction of sp³-hybridized carbons (Fsp3) is 0.889. The summed E-state index contributed by atoms with van der Waals surface area (Å²) < 4.78 is 22.1. The minimum atomic E-state index is -4.40. The number of amides is 1. The zero-order valence-corrected chi connectivity index (χ0v) is 36.7. The van der Waals surface area contributed by atoms with E-state index in [1.54, 1.807) is 6.08 Å². The van der Waals surface area contributed by atoms with Gasteiger partial charge < -0.3 is 26.2 Å². The zero-order chi connectivity index (χ0) is 40.5. The van der Waals surface area contributed by atoms with E-state index in [1.807, 2.05) is 6.08 Å². The molecule has 0 aliphatic carbocycles. The van der Waals surface area contributed by atoms with Crippen LogP contribution < -0.4 is 11.1 Å². The summed E-state index contributed by atoms with van der Waals surface area (Å²) in [6.45, 7) is 3.98. The van der Waals surface area contributed by atoms with Crippen LogP contribution >= 0.6 is 7.82 Å². The van der Waals surface area contributed by atoms with Gasteiger partial charge in [-0.15, -0.1) is 0 Å². The minimum Gasteiger partial charge on any atom is -0.393 e. The number of rotatable bonds is 43. The van der Waals surface area contributed by atoms with Crippen molar-refractivity contribution in [1.29, 1.82) is 0 Å². The van der Waals surface area contributed by atoms with E-state index in [2.05, 4.69) is 31.3 Å². The van der Waals surface area contributed by atoms with Gasteiger partial charge in [-0.05, 0) is 44.9 Å². The quantitative estimate of drug-likeness (QED) is 0.0232. The lowest BCUT2D eigenvalue weighted by atomic mass is 10.0. The van der Waals surface area contributed by atoms with E-state index in [-0.39, 0.29) is 19.6 Å². The Bertz CT molecular complexity index is 935. The van der Waals surface area contributed by atoms with Crippen LogP contribution in [0.15, 0.2) is 24.3 Å². The molecule has 0 heterocycles. The molecule has 0 fully saturated rings. The summed E-state index contributed by atoms with van der Waals surface area (Å²) in [5.41, 5.74) is 5.37. The molecule has 0 radical (unpaired) electrons. The molecule has 55 heavy (non-hydrogen) atoms. The first-order chi connectivity index (χ1) is 26.8. The first-order valence-corrected chi connectivity index (χ1v) is 24.5. The second-order valence-corrected chi connectivity index (χ2v) is 17.3. The molecule has 9 nitrogen and oxygen atoms in total. The van der Waals surface area contributed by atoms with Crippen LogP contribution in [0.5, 0.6) is 0 Å². The first kappa shape index (κ1) is 53.9. The zero-order valence-electron chi connectivity index (χ0n) is 35.8. The first-order valence-electron chi connectivity index (χ1n) is 23.0. The van der Waals surface area contributed by atoms with Crippen LogP contribution in [0, 0.1) is 0 Å². The fourth-order valence-electron chi connectivity index (χ4n) is 6.82. The van der Waals surface area contributed by atoms with Crippen LogP contribution in [0.2, 0.25) is 0 Å². The lowest BCUT2D eigenvalue weighted by molar-refractivity contribution is -0.124. The molecule has 0 bridgehead atoms. The predicted octanol–water partition coefficient (Wildman–Crippen LogP) is 11.9. The van der Waals surface area contributed by atoms with E-state index in [0.29, 0.717) is 6.42 Å². The van der Waals surface area contributed by atoms with Gasteiger partial charge >= 0.3 is 7.82 Å². The summed E-state index contributed by atoms with van der Waals surface area (Å²) in [5.74, 6) is -0.449. The summed E-state index contributed by atoms with van der Waals surface area (Å²) in [7, 11) is -4.40. The molecular weight excluding hydrogens is 711 g/mol. The van der Waals surface area contributed by atoms with Crippen LogP contribution in [0.1, 0.15) is 219 Å². The maximum absolute atomic E-state index is 12.8. The summed E-state index contributed by atoms with van der Waals surface area (Å²) in [4.78, 5) is 22.8. The number of carbonyl (C=O) groups excluding carboxylic acids is 1. The number of unbranched alkanes of at least 4 members (excludes halogenated alkanes) is 27. The molecule has 0 spiro atoms. The third-order valence-electron chi connectivity index (χ3n) is 10.3. The highest BCUT2D eigenvalue weighted by Crippen LogP contribution is 2.43. The summed E-state index contributed by atoms with van der Waals surface area (Å²) in [6.07, 6.45) is 44.0. The van der Waals surface area contributed by atoms with Gasteiger partial charge in [-0.3, -0.25) is 13.8 Å². The summed E-state index contributed by atoms with van der Waals surface area (Å²) in [5, 5.41) is 24.1. The molecule has 1 amide bonds. The van der Waals surface area contributed by atoms with E-state index in [4.69, 9.17) is 14.8 Å². The van der Waals surface area contributed by atoms with E-state index in [0.717, 1.165) is 51.4 Å². The molecule has 4 atom stereocenters. The van der Waals surface area contributed by atoms with Gasteiger partial charge in [0.05, 0.1) is 37.9 Å². The van der Waals surface area contributed by atoms with Crippen molar-refractivity contribution in [2.24, 2.45) is 5.73 Å².